The van der Waals surface area contributed by atoms with E-state index in [-0.39, 0.29) is 5.75 Å². The summed E-state index contributed by atoms with van der Waals surface area (Å²) in [5.74, 6) is 0.581. The van der Waals surface area contributed by atoms with E-state index in [1.165, 1.54) is 0 Å². The molecule has 0 radical (unpaired) electrons. The van der Waals surface area contributed by atoms with Crippen LogP contribution in [0.5, 0.6) is 0 Å². The second kappa shape index (κ2) is 5.36. The van der Waals surface area contributed by atoms with Gasteiger partial charge in [0.15, 0.2) is 9.84 Å². The summed E-state index contributed by atoms with van der Waals surface area (Å²) in [5.41, 5.74) is 0. The van der Waals surface area contributed by atoms with Gasteiger partial charge in [-0.25, -0.2) is 8.42 Å². The van der Waals surface area contributed by atoms with Crippen molar-refractivity contribution in [2.75, 3.05) is 19.0 Å². The van der Waals surface area contributed by atoms with Crippen LogP contribution in [0.3, 0.4) is 0 Å². The Bertz CT molecular complexity index is 319. The van der Waals surface area contributed by atoms with Crippen LogP contribution in [0.25, 0.3) is 0 Å². The number of rotatable bonds is 3. The fourth-order valence-corrected chi connectivity index (χ4v) is 3.48. The molecule has 0 aromatic rings. The summed E-state index contributed by atoms with van der Waals surface area (Å²) >= 11 is 3.60. The van der Waals surface area contributed by atoms with Gasteiger partial charge in [-0.15, -0.1) is 0 Å². The lowest BCUT2D eigenvalue weighted by atomic mass is 10.00. The number of ether oxygens (including phenoxy) is 1. The van der Waals surface area contributed by atoms with Crippen molar-refractivity contribution in [3.05, 3.63) is 0 Å². The van der Waals surface area contributed by atoms with Crippen LogP contribution >= 0.6 is 15.9 Å². The lowest BCUT2D eigenvalue weighted by Crippen LogP contribution is -2.34. The molecule has 1 saturated heterocycles. The van der Waals surface area contributed by atoms with Crippen molar-refractivity contribution < 1.29 is 13.2 Å². The van der Waals surface area contributed by atoms with E-state index in [9.17, 15) is 8.42 Å². The molecule has 0 saturated carbocycles. The highest BCUT2D eigenvalue weighted by molar-refractivity contribution is 9.09. The molecule has 0 amide bonds. The van der Waals surface area contributed by atoms with E-state index in [1.807, 2.05) is 0 Å². The van der Waals surface area contributed by atoms with Crippen molar-refractivity contribution in [2.45, 2.75) is 43.2 Å². The maximum atomic E-state index is 11.9. The van der Waals surface area contributed by atoms with Crippen LogP contribution in [0.4, 0.5) is 0 Å². The predicted molar refractivity (Wildman–Crippen MR) is 69.8 cm³/mol. The number of alkyl halides is 1. The van der Waals surface area contributed by atoms with Crippen molar-refractivity contribution in [1.82, 2.24) is 0 Å². The smallest absolute Gasteiger partial charge is 0.155 e. The molecular weight excluding hydrogens is 292 g/mol. The highest BCUT2D eigenvalue weighted by Crippen LogP contribution is 2.27. The molecular formula is C11H21BrO3S. The van der Waals surface area contributed by atoms with Crippen LogP contribution < -0.4 is 0 Å². The summed E-state index contributed by atoms with van der Waals surface area (Å²) in [6, 6.07) is 0. The minimum absolute atomic E-state index is 0.257. The summed E-state index contributed by atoms with van der Waals surface area (Å²) in [7, 11) is -3.00. The Labute approximate surface area is 107 Å². The van der Waals surface area contributed by atoms with Crippen LogP contribution in [0.1, 0.15) is 33.6 Å². The molecule has 0 aliphatic carbocycles. The molecule has 0 aromatic heterocycles. The third-order valence-electron chi connectivity index (χ3n) is 3.07. The van der Waals surface area contributed by atoms with Gasteiger partial charge < -0.3 is 4.74 Å². The number of hydrogen-bond acceptors (Lipinski definition) is 3. The van der Waals surface area contributed by atoms with Crippen molar-refractivity contribution in [3.63, 3.8) is 0 Å². The Kier molecular flexibility index (Phi) is 4.84. The lowest BCUT2D eigenvalue weighted by Gasteiger charge is -2.28. The van der Waals surface area contributed by atoms with Crippen molar-refractivity contribution in [1.29, 1.82) is 0 Å². The van der Waals surface area contributed by atoms with Gasteiger partial charge in [-0.05, 0) is 39.5 Å². The molecule has 1 heterocycles. The number of halogens is 1. The van der Waals surface area contributed by atoms with Crippen molar-refractivity contribution in [3.8, 4) is 0 Å². The molecule has 2 atom stereocenters. The van der Waals surface area contributed by atoms with Crippen molar-refractivity contribution >= 4 is 25.8 Å². The van der Waals surface area contributed by atoms with Crippen LogP contribution in [-0.4, -0.2) is 37.0 Å². The fraction of sp³-hybridized carbons (Fsp3) is 1.00. The summed E-state index contributed by atoms with van der Waals surface area (Å²) in [4.78, 5) is 0.399. The van der Waals surface area contributed by atoms with E-state index >= 15 is 0 Å². The zero-order valence-corrected chi connectivity index (χ0v) is 12.6. The Balaban J connectivity index is 2.51. The van der Waals surface area contributed by atoms with Gasteiger partial charge in [-0.1, -0.05) is 15.9 Å². The SMILES string of the molecule is CC(C)(C)S(=O)(=O)CCC1COCCC1Br. The first-order valence-electron chi connectivity index (χ1n) is 5.68. The van der Waals surface area contributed by atoms with Gasteiger partial charge in [0.1, 0.15) is 0 Å². The minimum Gasteiger partial charge on any atom is -0.381 e. The van der Waals surface area contributed by atoms with Crippen LogP contribution in [0, 0.1) is 5.92 Å². The van der Waals surface area contributed by atoms with Gasteiger partial charge in [0.05, 0.1) is 17.1 Å². The number of hydrogen-bond donors (Lipinski definition) is 0. The summed E-state index contributed by atoms with van der Waals surface area (Å²) < 4.78 is 28.6. The average Bonchev–Trinajstić information content (AvgIpc) is 2.15. The first-order chi connectivity index (χ1) is 7.24. The standard InChI is InChI=1S/C11H21BrO3S/c1-11(2,3)16(13,14)7-5-9-8-15-6-4-10(9)12/h9-10H,4-8H2,1-3H3. The Morgan fingerprint density at radius 1 is 1.38 bits per heavy atom. The molecule has 1 aliphatic rings. The molecule has 5 heteroatoms. The fourth-order valence-electron chi connectivity index (χ4n) is 1.65. The number of sulfone groups is 1. The van der Waals surface area contributed by atoms with E-state index in [1.54, 1.807) is 20.8 Å². The second-order valence-corrected chi connectivity index (χ2v) is 9.40. The minimum atomic E-state index is -3.00. The van der Waals surface area contributed by atoms with Crippen LogP contribution in [0.2, 0.25) is 0 Å². The Morgan fingerprint density at radius 2 is 2.00 bits per heavy atom. The normalized spacial score (nSPS) is 28.0. The average molecular weight is 313 g/mol. The van der Waals surface area contributed by atoms with Gasteiger partial charge in [0.25, 0.3) is 0 Å². The first kappa shape index (κ1) is 14.5. The third kappa shape index (κ3) is 3.70. The van der Waals surface area contributed by atoms with Gasteiger partial charge in [0, 0.05) is 11.4 Å². The molecule has 0 bridgehead atoms. The quantitative estimate of drug-likeness (QED) is 0.752. The predicted octanol–water partition coefficient (Wildman–Crippen LogP) is 2.39. The second-order valence-electron chi connectivity index (χ2n) is 5.36. The zero-order chi connectivity index (χ0) is 12.4. The van der Waals surface area contributed by atoms with Gasteiger partial charge in [-0.2, -0.15) is 0 Å². The molecule has 3 nitrogen and oxygen atoms in total. The molecule has 96 valence electrons. The molecule has 2 unspecified atom stereocenters. The largest absolute Gasteiger partial charge is 0.381 e. The first-order valence-corrected chi connectivity index (χ1v) is 8.25. The van der Waals surface area contributed by atoms with E-state index < -0.39 is 14.6 Å². The molecule has 1 fully saturated rings. The molecule has 16 heavy (non-hydrogen) atoms. The third-order valence-corrected chi connectivity index (χ3v) is 6.92. The van der Waals surface area contributed by atoms with E-state index in [0.717, 1.165) is 13.0 Å². The lowest BCUT2D eigenvalue weighted by molar-refractivity contribution is 0.0593. The molecule has 1 rings (SSSR count). The molecule has 0 spiro atoms. The Morgan fingerprint density at radius 3 is 2.50 bits per heavy atom. The Hall–Kier alpha value is 0.390. The van der Waals surface area contributed by atoms with E-state index in [2.05, 4.69) is 15.9 Å². The zero-order valence-electron chi connectivity index (χ0n) is 10.2. The maximum Gasteiger partial charge on any atom is 0.155 e. The molecule has 0 N–H and O–H groups in total. The summed E-state index contributed by atoms with van der Waals surface area (Å²) in [6.07, 6.45) is 1.66. The molecule has 1 aliphatic heterocycles. The van der Waals surface area contributed by atoms with E-state index in [4.69, 9.17) is 4.74 Å². The summed E-state index contributed by atoms with van der Waals surface area (Å²) in [5, 5.41) is 0. The van der Waals surface area contributed by atoms with Gasteiger partial charge in [-0.3, -0.25) is 0 Å². The highest BCUT2D eigenvalue weighted by atomic mass is 79.9. The highest BCUT2D eigenvalue weighted by Gasteiger charge is 2.31. The van der Waals surface area contributed by atoms with E-state index in [0.29, 0.717) is 23.8 Å². The van der Waals surface area contributed by atoms with Crippen LogP contribution in [0.15, 0.2) is 0 Å². The van der Waals surface area contributed by atoms with Gasteiger partial charge in [0.2, 0.25) is 0 Å². The monoisotopic (exact) mass is 312 g/mol. The molecule has 0 aromatic carbocycles. The van der Waals surface area contributed by atoms with Crippen molar-refractivity contribution in [2.24, 2.45) is 5.92 Å². The maximum absolute atomic E-state index is 11.9. The summed E-state index contributed by atoms with van der Waals surface area (Å²) in [6.45, 7) is 6.72. The van der Waals surface area contributed by atoms with Crippen LogP contribution in [-0.2, 0) is 14.6 Å². The topological polar surface area (TPSA) is 43.4 Å². The van der Waals surface area contributed by atoms with Gasteiger partial charge >= 0.3 is 0 Å².